The number of hydrogen-bond donors (Lipinski definition) is 0. The summed E-state index contributed by atoms with van der Waals surface area (Å²) in [6, 6.07) is 10.7. The maximum atomic E-state index is 12.3. The Morgan fingerprint density at radius 3 is 2.58 bits per heavy atom. The highest BCUT2D eigenvalue weighted by Gasteiger charge is 2.16. The number of nitrogens with zero attached hydrogens (tertiary/aromatic N) is 4. The van der Waals surface area contributed by atoms with Gasteiger partial charge in [-0.05, 0) is 32.1 Å². The van der Waals surface area contributed by atoms with Crippen LogP contribution in [0, 0.1) is 25.2 Å². The van der Waals surface area contributed by atoms with Gasteiger partial charge in [-0.15, -0.1) is 0 Å². The molecule has 7 nitrogen and oxygen atoms in total. The molecule has 0 unspecified atom stereocenters. The SMILES string of the molecule is Cc1nn(C)c(C)c1/C=C/C(=O)OCC(=O)N(CC#N)c1ccccc1. The van der Waals surface area contributed by atoms with Crippen LogP contribution in [0.4, 0.5) is 5.69 Å². The highest BCUT2D eigenvalue weighted by Crippen LogP contribution is 2.14. The van der Waals surface area contributed by atoms with Crippen LogP contribution in [0.5, 0.6) is 0 Å². The molecule has 0 aliphatic rings. The maximum absolute atomic E-state index is 12.3. The summed E-state index contributed by atoms with van der Waals surface area (Å²) in [5.41, 5.74) is 3.14. The summed E-state index contributed by atoms with van der Waals surface area (Å²) in [6.07, 6.45) is 2.89. The Kier molecular flexibility index (Phi) is 6.28. The van der Waals surface area contributed by atoms with E-state index in [0.717, 1.165) is 17.0 Å². The van der Waals surface area contributed by atoms with E-state index < -0.39 is 18.5 Å². The molecular weight excluding hydrogens is 332 g/mol. The van der Waals surface area contributed by atoms with E-state index in [1.165, 1.54) is 11.0 Å². The highest BCUT2D eigenvalue weighted by molar-refractivity contribution is 5.96. The second kappa shape index (κ2) is 8.62. The van der Waals surface area contributed by atoms with Gasteiger partial charge in [-0.2, -0.15) is 10.4 Å². The molecule has 1 aromatic heterocycles. The Morgan fingerprint density at radius 2 is 2.00 bits per heavy atom. The number of benzene rings is 1. The number of carbonyl (C=O) groups excluding carboxylic acids is 2. The maximum Gasteiger partial charge on any atom is 0.331 e. The molecular formula is C19H20N4O3. The molecule has 0 aliphatic heterocycles. The molecule has 1 amide bonds. The summed E-state index contributed by atoms with van der Waals surface area (Å²) in [5.74, 6) is -1.10. The molecule has 7 heteroatoms. The molecule has 0 spiro atoms. The Morgan fingerprint density at radius 1 is 1.31 bits per heavy atom. The van der Waals surface area contributed by atoms with Crippen molar-refractivity contribution in [1.29, 1.82) is 5.26 Å². The number of amides is 1. The molecule has 2 aromatic rings. The van der Waals surface area contributed by atoms with Crippen LogP contribution in [-0.4, -0.2) is 34.8 Å². The van der Waals surface area contributed by atoms with Crippen molar-refractivity contribution in [1.82, 2.24) is 9.78 Å². The van der Waals surface area contributed by atoms with Gasteiger partial charge in [-0.25, -0.2) is 4.79 Å². The largest absolute Gasteiger partial charge is 0.452 e. The van der Waals surface area contributed by atoms with E-state index in [4.69, 9.17) is 10.00 Å². The molecule has 0 bridgehead atoms. The minimum absolute atomic E-state index is 0.121. The summed E-state index contributed by atoms with van der Waals surface area (Å²) in [4.78, 5) is 25.4. The first-order chi connectivity index (χ1) is 12.4. The van der Waals surface area contributed by atoms with E-state index in [9.17, 15) is 9.59 Å². The standard InChI is InChI=1S/C19H20N4O3/c1-14-17(15(2)22(3)21-14)9-10-19(25)26-13-18(24)23(12-11-20)16-7-5-4-6-8-16/h4-10H,12-13H2,1-3H3/b10-9+. The van der Waals surface area contributed by atoms with Gasteiger partial charge >= 0.3 is 5.97 Å². The topological polar surface area (TPSA) is 88.2 Å². The van der Waals surface area contributed by atoms with Crippen molar-refractivity contribution in [3.8, 4) is 6.07 Å². The molecule has 0 fully saturated rings. The number of ether oxygens (including phenoxy) is 1. The van der Waals surface area contributed by atoms with Crippen LogP contribution >= 0.6 is 0 Å². The molecule has 26 heavy (non-hydrogen) atoms. The van der Waals surface area contributed by atoms with E-state index in [1.807, 2.05) is 33.0 Å². The van der Waals surface area contributed by atoms with Crippen molar-refractivity contribution in [3.63, 3.8) is 0 Å². The summed E-state index contributed by atoms with van der Waals surface area (Å²) in [7, 11) is 1.82. The molecule has 0 N–H and O–H groups in total. The smallest absolute Gasteiger partial charge is 0.331 e. The molecule has 0 radical (unpaired) electrons. The number of rotatable bonds is 6. The van der Waals surface area contributed by atoms with Crippen LogP contribution in [0.2, 0.25) is 0 Å². The molecule has 2 rings (SSSR count). The van der Waals surface area contributed by atoms with Gasteiger partial charge in [-0.3, -0.25) is 14.4 Å². The van der Waals surface area contributed by atoms with E-state index in [-0.39, 0.29) is 6.54 Å². The lowest BCUT2D eigenvalue weighted by Crippen LogP contribution is -2.34. The predicted molar refractivity (Wildman–Crippen MR) is 97.1 cm³/mol. The second-order valence-corrected chi connectivity index (χ2v) is 5.62. The molecule has 1 heterocycles. The number of hydrogen-bond acceptors (Lipinski definition) is 5. The Balaban J connectivity index is 1.98. The fraction of sp³-hybridized carbons (Fsp3) is 0.263. The van der Waals surface area contributed by atoms with E-state index in [2.05, 4.69) is 5.10 Å². The van der Waals surface area contributed by atoms with Crippen LogP contribution in [-0.2, 0) is 21.4 Å². The predicted octanol–water partition coefficient (Wildman–Crippen LogP) is 2.15. The van der Waals surface area contributed by atoms with Crippen LogP contribution in [0.15, 0.2) is 36.4 Å². The van der Waals surface area contributed by atoms with Crippen LogP contribution < -0.4 is 4.90 Å². The minimum atomic E-state index is -0.633. The van der Waals surface area contributed by atoms with Crippen molar-refractivity contribution >= 4 is 23.6 Å². The number of anilines is 1. The monoisotopic (exact) mass is 352 g/mol. The Labute approximate surface area is 152 Å². The third-order valence-corrected chi connectivity index (χ3v) is 3.89. The number of para-hydroxylation sites is 1. The van der Waals surface area contributed by atoms with Gasteiger partial charge in [-0.1, -0.05) is 18.2 Å². The lowest BCUT2D eigenvalue weighted by atomic mass is 10.2. The van der Waals surface area contributed by atoms with Gasteiger partial charge in [0.25, 0.3) is 5.91 Å². The van der Waals surface area contributed by atoms with Crippen LogP contribution in [0.3, 0.4) is 0 Å². The summed E-state index contributed by atoms with van der Waals surface area (Å²) < 4.78 is 6.73. The van der Waals surface area contributed by atoms with Crippen molar-refractivity contribution in [2.24, 2.45) is 7.05 Å². The van der Waals surface area contributed by atoms with Gasteiger partial charge in [0.05, 0.1) is 11.8 Å². The van der Waals surface area contributed by atoms with Crippen LogP contribution in [0.25, 0.3) is 6.08 Å². The van der Waals surface area contributed by atoms with E-state index in [0.29, 0.717) is 5.69 Å². The van der Waals surface area contributed by atoms with Gasteiger partial charge in [0.15, 0.2) is 6.61 Å². The fourth-order valence-electron chi connectivity index (χ4n) is 2.44. The Bertz CT molecular complexity index is 863. The first-order valence-electron chi connectivity index (χ1n) is 8.01. The molecule has 0 aliphatic carbocycles. The van der Waals surface area contributed by atoms with Crippen molar-refractivity contribution in [2.45, 2.75) is 13.8 Å². The zero-order valence-corrected chi connectivity index (χ0v) is 15.0. The average Bonchev–Trinajstić information content (AvgIpc) is 2.88. The zero-order chi connectivity index (χ0) is 19.1. The molecule has 0 saturated carbocycles. The van der Waals surface area contributed by atoms with E-state index >= 15 is 0 Å². The normalized spacial score (nSPS) is 10.5. The average molecular weight is 352 g/mol. The van der Waals surface area contributed by atoms with Gasteiger partial charge in [0, 0.05) is 30.1 Å². The van der Waals surface area contributed by atoms with Crippen molar-refractivity contribution < 1.29 is 14.3 Å². The lowest BCUT2D eigenvalue weighted by Gasteiger charge is -2.19. The first-order valence-corrected chi connectivity index (χ1v) is 8.01. The van der Waals surface area contributed by atoms with Gasteiger partial charge in [0.2, 0.25) is 0 Å². The quantitative estimate of drug-likeness (QED) is 0.451. The molecule has 0 saturated heterocycles. The fourth-order valence-corrected chi connectivity index (χ4v) is 2.44. The summed E-state index contributed by atoms with van der Waals surface area (Å²) in [5, 5.41) is 13.2. The third kappa shape index (κ3) is 4.57. The number of esters is 1. The summed E-state index contributed by atoms with van der Waals surface area (Å²) >= 11 is 0. The number of carbonyl (C=O) groups is 2. The second-order valence-electron chi connectivity index (χ2n) is 5.62. The van der Waals surface area contributed by atoms with Crippen molar-refractivity contribution in [3.05, 3.63) is 53.4 Å². The zero-order valence-electron chi connectivity index (χ0n) is 15.0. The molecule has 1 aromatic carbocycles. The number of aryl methyl sites for hydroxylation is 2. The Hall–Kier alpha value is -3.40. The van der Waals surface area contributed by atoms with E-state index in [1.54, 1.807) is 35.0 Å². The highest BCUT2D eigenvalue weighted by atomic mass is 16.5. The van der Waals surface area contributed by atoms with Crippen molar-refractivity contribution in [2.75, 3.05) is 18.1 Å². The first kappa shape index (κ1) is 18.9. The van der Waals surface area contributed by atoms with Gasteiger partial charge < -0.3 is 4.74 Å². The number of aromatic nitrogens is 2. The molecule has 0 atom stereocenters. The van der Waals surface area contributed by atoms with Crippen LogP contribution in [0.1, 0.15) is 17.0 Å². The molecule has 134 valence electrons. The van der Waals surface area contributed by atoms with Gasteiger partial charge in [0.1, 0.15) is 6.54 Å². The summed E-state index contributed by atoms with van der Waals surface area (Å²) in [6.45, 7) is 3.18. The number of nitriles is 1. The lowest BCUT2D eigenvalue weighted by molar-refractivity contribution is -0.142. The third-order valence-electron chi connectivity index (χ3n) is 3.89. The minimum Gasteiger partial charge on any atom is -0.452 e.